The van der Waals surface area contributed by atoms with Crippen LogP contribution in [0.5, 0.6) is 0 Å². The normalized spacial score (nSPS) is 12.0. The Morgan fingerprint density at radius 1 is 0.488 bits per heavy atom. The van der Waals surface area contributed by atoms with Crippen LogP contribution in [0, 0.1) is 0 Å². The third-order valence-electron chi connectivity index (χ3n) is 9.30. The number of aliphatic hydroxyl groups excluding tert-OH is 1. The molecule has 0 atom stereocenters. The molecule has 1 N–H and O–H groups in total. The Hall–Kier alpha value is -0.740. The second-order valence-corrected chi connectivity index (χ2v) is 13.0. The number of nitrogens with zero attached hydrogens (tertiary/aromatic N) is 1. The fourth-order valence-electron chi connectivity index (χ4n) is 6.05. The molecule has 0 aromatic heterocycles. The summed E-state index contributed by atoms with van der Waals surface area (Å²) in [6.45, 7) is 6.66. The van der Waals surface area contributed by atoms with E-state index in [1.807, 2.05) is 7.05 Å². The summed E-state index contributed by atoms with van der Waals surface area (Å²) in [6.07, 6.45) is 34.2. The van der Waals surface area contributed by atoms with E-state index in [0.29, 0.717) is 19.4 Å². The SMILES string of the molecule is CCCCCCCCCCCCCCCC(=O)C(C)(C(=O)CCCCCCCCCCCCCCC)N(C)CCO. The first-order valence-corrected chi connectivity index (χ1v) is 18.3. The van der Waals surface area contributed by atoms with E-state index < -0.39 is 5.54 Å². The van der Waals surface area contributed by atoms with Crippen molar-refractivity contribution in [2.75, 3.05) is 20.2 Å². The van der Waals surface area contributed by atoms with Gasteiger partial charge < -0.3 is 5.11 Å². The standard InChI is InChI=1S/C37H73NO3/c1-5-7-9-11-13-15-17-19-21-23-25-27-29-31-35(40)37(3,38(4)33-34-39)36(41)32-30-28-26-24-22-20-18-16-14-12-10-8-6-2/h39H,5-34H2,1-4H3. The zero-order valence-electron chi connectivity index (χ0n) is 28.4. The molecule has 0 fully saturated rings. The summed E-state index contributed by atoms with van der Waals surface area (Å²) in [4.78, 5) is 28.4. The maximum atomic E-state index is 13.3. The zero-order valence-corrected chi connectivity index (χ0v) is 28.4. The van der Waals surface area contributed by atoms with Gasteiger partial charge in [-0.25, -0.2) is 0 Å². The van der Waals surface area contributed by atoms with Gasteiger partial charge in [-0.15, -0.1) is 0 Å². The van der Waals surface area contributed by atoms with Crippen LogP contribution >= 0.6 is 0 Å². The van der Waals surface area contributed by atoms with Crippen molar-refractivity contribution in [1.29, 1.82) is 0 Å². The topological polar surface area (TPSA) is 57.6 Å². The molecule has 4 nitrogen and oxygen atoms in total. The lowest BCUT2D eigenvalue weighted by Gasteiger charge is -2.36. The summed E-state index contributed by atoms with van der Waals surface area (Å²) >= 11 is 0. The first-order chi connectivity index (χ1) is 19.9. The molecule has 0 bridgehead atoms. The second kappa shape index (κ2) is 29.3. The van der Waals surface area contributed by atoms with Crippen molar-refractivity contribution < 1.29 is 14.7 Å². The van der Waals surface area contributed by atoms with Gasteiger partial charge in [-0.3, -0.25) is 14.5 Å². The number of hydrogen-bond acceptors (Lipinski definition) is 4. The number of Topliss-reactive ketones (excluding diaryl/α,β-unsaturated/α-hetero) is 2. The Kier molecular flexibility index (Phi) is 28.8. The minimum atomic E-state index is -1.10. The van der Waals surface area contributed by atoms with Crippen molar-refractivity contribution in [3.8, 4) is 0 Å². The van der Waals surface area contributed by atoms with Gasteiger partial charge in [0.25, 0.3) is 0 Å². The molecule has 0 radical (unpaired) electrons. The number of hydrogen-bond donors (Lipinski definition) is 1. The summed E-state index contributed by atoms with van der Waals surface area (Å²) in [5, 5.41) is 9.50. The van der Waals surface area contributed by atoms with E-state index in [4.69, 9.17) is 0 Å². The third kappa shape index (κ3) is 21.6. The summed E-state index contributed by atoms with van der Waals surface area (Å²) in [7, 11) is 1.82. The van der Waals surface area contributed by atoms with Gasteiger partial charge in [0, 0.05) is 19.4 Å². The van der Waals surface area contributed by atoms with Gasteiger partial charge in [-0.1, -0.05) is 168 Å². The maximum absolute atomic E-state index is 13.3. The lowest BCUT2D eigenvalue weighted by molar-refractivity contribution is -0.142. The number of β-amino-alcohol motifs (C(OH)–C–C–N with tert-alkyl or cyclic N) is 1. The molecule has 0 aromatic carbocycles. The molecule has 0 saturated carbocycles. The number of carbonyl (C=O) groups excluding carboxylic acids is 2. The molecule has 0 saturated heterocycles. The minimum absolute atomic E-state index is 0.0376. The smallest absolute Gasteiger partial charge is 0.160 e. The highest BCUT2D eigenvalue weighted by Crippen LogP contribution is 2.24. The van der Waals surface area contributed by atoms with E-state index in [9.17, 15) is 14.7 Å². The van der Waals surface area contributed by atoms with Gasteiger partial charge >= 0.3 is 0 Å². The van der Waals surface area contributed by atoms with Crippen LogP contribution in [0.15, 0.2) is 0 Å². The number of rotatable bonds is 33. The third-order valence-corrected chi connectivity index (χ3v) is 9.30. The van der Waals surface area contributed by atoms with Gasteiger partial charge in [0.1, 0.15) is 5.54 Å². The molecule has 0 aliphatic heterocycles. The largest absolute Gasteiger partial charge is 0.395 e. The fourth-order valence-corrected chi connectivity index (χ4v) is 6.05. The van der Waals surface area contributed by atoms with Crippen molar-refractivity contribution in [1.82, 2.24) is 4.90 Å². The second-order valence-electron chi connectivity index (χ2n) is 13.0. The van der Waals surface area contributed by atoms with Crippen LogP contribution in [0.25, 0.3) is 0 Å². The number of aliphatic hydroxyl groups is 1. The van der Waals surface area contributed by atoms with Crippen LogP contribution in [-0.2, 0) is 9.59 Å². The van der Waals surface area contributed by atoms with E-state index in [1.165, 1.54) is 141 Å². The molecule has 0 amide bonds. The van der Waals surface area contributed by atoms with E-state index in [-0.39, 0.29) is 18.2 Å². The Bertz CT molecular complexity index is 549. The van der Waals surface area contributed by atoms with Gasteiger partial charge in [0.05, 0.1) is 6.61 Å². The van der Waals surface area contributed by atoms with Crippen LogP contribution in [0.4, 0.5) is 0 Å². The molecule has 0 unspecified atom stereocenters. The molecule has 4 heteroatoms. The van der Waals surface area contributed by atoms with E-state index in [2.05, 4.69) is 13.8 Å². The molecule has 244 valence electrons. The number of unbranched alkanes of at least 4 members (excludes halogenated alkanes) is 24. The number of ketones is 2. The van der Waals surface area contributed by atoms with Gasteiger partial charge in [0.15, 0.2) is 11.6 Å². The van der Waals surface area contributed by atoms with Crippen LogP contribution in [0.1, 0.15) is 201 Å². The summed E-state index contributed by atoms with van der Waals surface area (Å²) in [5.41, 5.74) is -1.10. The predicted octanol–water partition coefficient (Wildman–Crippen LogP) is 10.8. The maximum Gasteiger partial charge on any atom is 0.160 e. The van der Waals surface area contributed by atoms with E-state index in [0.717, 1.165) is 25.7 Å². The predicted molar refractivity (Wildman–Crippen MR) is 179 cm³/mol. The van der Waals surface area contributed by atoms with Crippen molar-refractivity contribution in [2.45, 2.75) is 206 Å². The van der Waals surface area contributed by atoms with Crippen molar-refractivity contribution in [3.63, 3.8) is 0 Å². The first-order valence-electron chi connectivity index (χ1n) is 18.3. The summed E-state index contributed by atoms with van der Waals surface area (Å²) in [6, 6.07) is 0. The zero-order chi connectivity index (χ0) is 30.4. The molecule has 41 heavy (non-hydrogen) atoms. The van der Waals surface area contributed by atoms with Gasteiger partial charge in [-0.2, -0.15) is 0 Å². The molecular weight excluding hydrogens is 506 g/mol. The molecule has 0 aliphatic carbocycles. The van der Waals surface area contributed by atoms with Crippen molar-refractivity contribution >= 4 is 11.6 Å². The van der Waals surface area contributed by atoms with Crippen molar-refractivity contribution in [3.05, 3.63) is 0 Å². The highest BCUT2D eigenvalue weighted by Gasteiger charge is 2.42. The van der Waals surface area contributed by atoms with Crippen molar-refractivity contribution in [2.24, 2.45) is 0 Å². The minimum Gasteiger partial charge on any atom is -0.395 e. The Morgan fingerprint density at radius 3 is 0.976 bits per heavy atom. The van der Waals surface area contributed by atoms with Gasteiger partial charge in [-0.05, 0) is 26.8 Å². The number of carbonyl (C=O) groups is 2. The van der Waals surface area contributed by atoms with Crippen LogP contribution < -0.4 is 0 Å². The lowest BCUT2D eigenvalue weighted by atomic mass is 9.84. The average molecular weight is 580 g/mol. The average Bonchev–Trinajstić information content (AvgIpc) is 2.97. The molecule has 0 heterocycles. The molecule has 0 aromatic rings. The van der Waals surface area contributed by atoms with E-state index in [1.54, 1.807) is 11.8 Å². The monoisotopic (exact) mass is 580 g/mol. The molecular formula is C37H73NO3. The molecule has 0 rings (SSSR count). The molecule has 0 spiro atoms. The Morgan fingerprint density at radius 2 is 0.732 bits per heavy atom. The van der Waals surface area contributed by atoms with Gasteiger partial charge in [0.2, 0.25) is 0 Å². The van der Waals surface area contributed by atoms with E-state index >= 15 is 0 Å². The summed E-state index contributed by atoms with van der Waals surface area (Å²) < 4.78 is 0. The number of likely N-dealkylation sites (N-methyl/N-ethyl adjacent to an activating group) is 1. The highest BCUT2D eigenvalue weighted by molar-refractivity contribution is 6.11. The van der Waals surface area contributed by atoms with Crippen LogP contribution in [0.3, 0.4) is 0 Å². The Labute approximate surface area is 257 Å². The molecule has 0 aliphatic rings. The first kappa shape index (κ1) is 40.3. The summed E-state index contributed by atoms with van der Waals surface area (Å²) in [5.74, 6) is 0.0763. The van der Waals surface area contributed by atoms with Crippen LogP contribution in [0.2, 0.25) is 0 Å². The quantitative estimate of drug-likeness (QED) is 0.0620. The lowest BCUT2D eigenvalue weighted by Crippen LogP contribution is -2.57. The van der Waals surface area contributed by atoms with Crippen LogP contribution in [-0.4, -0.2) is 47.3 Å². The Balaban J connectivity index is 4.10. The fraction of sp³-hybridized carbons (Fsp3) is 0.946. The highest BCUT2D eigenvalue weighted by atomic mass is 16.3.